The Hall–Kier alpha value is -0.830. The Bertz CT molecular complexity index is 278. The van der Waals surface area contributed by atoms with Gasteiger partial charge in [0.15, 0.2) is 0 Å². The van der Waals surface area contributed by atoms with Gasteiger partial charge in [-0.1, -0.05) is 11.6 Å². The molecular weight excluding hydrogens is 204 g/mol. The third-order valence-electron chi connectivity index (χ3n) is 2.22. The van der Waals surface area contributed by atoms with Crippen molar-refractivity contribution in [3.63, 3.8) is 0 Å². The molecule has 0 aliphatic rings. The number of carbonyl (C=O) groups is 1. The van der Waals surface area contributed by atoms with Gasteiger partial charge in [0.05, 0.1) is 11.5 Å². The summed E-state index contributed by atoms with van der Waals surface area (Å²) in [5, 5.41) is 10.1. The lowest BCUT2D eigenvalue weighted by Crippen LogP contribution is -2.40. The SMILES string of the molecule is CC(C)=CC(C)(O)C(C)C(=O)OC(C)(C)C. The molecule has 0 aliphatic heterocycles. The molecule has 0 aliphatic carbocycles. The zero-order valence-corrected chi connectivity index (χ0v) is 11.4. The largest absolute Gasteiger partial charge is 0.460 e. The summed E-state index contributed by atoms with van der Waals surface area (Å²) in [7, 11) is 0. The van der Waals surface area contributed by atoms with E-state index in [9.17, 15) is 9.90 Å². The molecule has 0 spiro atoms. The van der Waals surface area contributed by atoms with Crippen LogP contribution in [0.15, 0.2) is 11.6 Å². The van der Waals surface area contributed by atoms with Gasteiger partial charge in [-0.25, -0.2) is 0 Å². The molecular formula is C13H24O3. The van der Waals surface area contributed by atoms with Crippen LogP contribution in [0.5, 0.6) is 0 Å². The summed E-state index contributed by atoms with van der Waals surface area (Å²) in [6.45, 7) is 12.5. The van der Waals surface area contributed by atoms with Crippen molar-refractivity contribution in [2.45, 2.75) is 59.7 Å². The van der Waals surface area contributed by atoms with Gasteiger partial charge in [0.25, 0.3) is 0 Å². The molecule has 3 heteroatoms. The zero-order valence-electron chi connectivity index (χ0n) is 11.4. The van der Waals surface area contributed by atoms with E-state index in [1.165, 1.54) is 0 Å². The molecule has 0 amide bonds. The Morgan fingerprint density at radius 3 is 2.00 bits per heavy atom. The van der Waals surface area contributed by atoms with Gasteiger partial charge in [0, 0.05) is 0 Å². The summed E-state index contributed by atoms with van der Waals surface area (Å²) in [4.78, 5) is 11.8. The first-order valence-corrected chi connectivity index (χ1v) is 5.57. The molecule has 3 nitrogen and oxygen atoms in total. The number of allylic oxidation sites excluding steroid dienone is 1. The van der Waals surface area contributed by atoms with Crippen molar-refractivity contribution >= 4 is 5.97 Å². The maximum absolute atomic E-state index is 11.8. The smallest absolute Gasteiger partial charge is 0.312 e. The first-order valence-electron chi connectivity index (χ1n) is 5.57. The van der Waals surface area contributed by atoms with Gasteiger partial charge >= 0.3 is 5.97 Å². The number of rotatable bonds is 3. The van der Waals surface area contributed by atoms with Crippen LogP contribution in [0.25, 0.3) is 0 Å². The van der Waals surface area contributed by atoms with Crippen molar-refractivity contribution in [3.8, 4) is 0 Å². The molecule has 2 atom stereocenters. The molecule has 16 heavy (non-hydrogen) atoms. The van der Waals surface area contributed by atoms with Gasteiger partial charge in [-0.3, -0.25) is 4.79 Å². The highest BCUT2D eigenvalue weighted by atomic mass is 16.6. The fourth-order valence-corrected chi connectivity index (χ4v) is 1.34. The summed E-state index contributed by atoms with van der Waals surface area (Å²) < 4.78 is 5.24. The van der Waals surface area contributed by atoms with Crippen molar-refractivity contribution in [1.82, 2.24) is 0 Å². The Morgan fingerprint density at radius 2 is 1.69 bits per heavy atom. The van der Waals surface area contributed by atoms with Gasteiger partial charge in [-0.2, -0.15) is 0 Å². The average molecular weight is 228 g/mol. The second-order valence-corrected chi connectivity index (χ2v) is 5.70. The molecule has 1 N–H and O–H groups in total. The normalized spacial score (nSPS) is 17.2. The number of carbonyl (C=O) groups excluding carboxylic acids is 1. The summed E-state index contributed by atoms with van der Waals surface area (Å²) in [5.74, 6) is -0.961. The van der Waals surface area contributed by atoms with Crippen LogP contribution in [-0.2, 0) is 9.53 Å². The molecule has 0 aromatic carbocycles. The Labute approximate surface area is 98.5 Å². The second-order valence-electron chi connectivity index (χ2n) is 5.70. The van der Waals surface area contributed by atoms with Crippen LogP contribution >= 0.6 is 0 Å². The fraction of sp³-hybridized carbons (Fsp3) is 0.769. The Balaban J connectivity index is 4.74. The van der Waals surface area contributed by atoms with Gasteiger partial charge in [0.1, 0.15) is 5.60 Å². The number of hydrogen-bond acceptors (Lipinski definition) is 3. The van der Waals surface area contributed by atoms with E-state index in [0.717, 1.165) is 5.57 Å². The van der Waals surface area contributed by atoms with Crippen LogP contribution in [0.3, 0.4) is 0 Å². The van der Waals surface area contributed by atoms with Crippen molar-refractivity contribution in [3.05, 3.63) is 11.6 Å². The van der Waals surface area contributed by atoms with E-state index in [1.54, 1.807) is 19.9 Å². The van der Waals surface area contributed by atoms with Gasteiger partial charge < -0.3 is 9.84 Å². The summed E-state index contributed by atoms with van der Waals surface area (Å²) in [6.07, 6.45) is 1.68. The van der Waals surface area contributed by atoms with Crippen LogP contribution in [0.2, 0.25) is 0 Å². The Kier molecular flexibility index (Phi) is 4.74. The Morgan fingerprint density at radius 1 is 1.25 bits per heavy atom. The molecule has 0 bridgehead atoms. The molecule has 94 valence electrons. The quantitative estimate of drug-likeness (QED) is 0.596. The molecule has 2 unspecified atom stereocenters. The minimum atomic E-state index is -1.17. The van der Waals surface area contributed by atoms with Crippen LogP contribution in [0, 0.1) is 5.92 Å². The van der Waals surface area contributed by atoms with E-state index in [1.807, 2.05) is 34.6 Å². The molecule has 0 saturated carbocycles. The highest BCUT2D eigenvalue weighted by molar-refractivity contribution is 5.74. The summed E-state index contributed by atoms with van der Waals surface area (Å²) in [6, 6.07) is 0. The average Bonchev–Trinajstić information content (AvgIpc) is 1.96. The minimum absolute atomic E-state index is 0.380. The predicted molar refractivity (Wildman–Crippen MR) is 65.1 cm³/mol. The molecule has 0 aromatic rings. The van der Waals surface area contributed by atoms with E-state index in [-0.39, 0.29) is 5.97 Å². The van der Waals surface area contributed by atoms with Gasteiger partial charge in [-0.05, 0) is 48.5 Å². The maximum Gasteiger partial charge on any atom is 0.312 e. The second kappa shape index (κ2) is 5.00. The number of hydrogen-bond donors (Lipinski definition) is 1. The van der Waals surface area contributed by atoms with Crippen LogP contribution in [0.4, 0.5) is 0 Å². The standard InChI is InChI=1S/C13H24O3/c1-9(2)8-13(7,15)10(3)11(14)16-12(4,5)6/h8,10,15H,1-7H3. The first-order chi connectivity index (χ1) is 6.96. The molecule has 0 heterocycles. The molecule has 0 aromatic heterocycles. The lowest BCUT2D eigenvalue weighted by Gasteiger charge is -2.29. The lowest BCUT2D eigenvalue weighted by molar-refractivity contribution is -0.165. The number of ether oxygens (including phenoxy) is 1. The monoisotopic (exact) mass is 228 g/mol. The van der Waals surface area contributed by atoms with Crippen molar-refractivity contribution in [2.75, 3.05) is 0 Å². The van der Waals surface area contributed by atoms with Crippen molar-refractivity contribution in [2.24, 2.45) is 5.92 Å². The van der Waals surface area contributed by atoms with E-state index < -0.39 is 17.1 Å². The lowest BCUT2D eigenvalue weighted by atomic mass is 9.89. The molecule has 0 rings (SSSR count). The first kappa shape index (κ1) is 15.2. The molecule has 0 fully saturated rings. The topological polar surface area (TPSA) is 46.5 Å². The fourth-order valence-electron chi connectivity index (χ4n) is 1.34. The van der Waals surface area contributed by atoms with E-state index >= 15 is 0 Å². The van der Waals surface area contributed by atoms with Crippen LogP contribution in [0.1, 0.15) is 48.5 Å². The van der Waals surface area contributed by atoms with Gasteiger partial charge in [-0.15, -0.1) is 0 Å². The predicted octanol–water partition coefficient (Wildman–Crippen LogP) is 2.68. The third-order valence-corrected chi connectivity index (χ3v) is 2.22. The summed E-state index contributed by atoms with van der Waals surface area (Å²) in [5.41, 5.74) is -0.714. The summed E-state index contributed by atoms with van der Waals surface area (Å²) >= 11 is 0. The van der Waals surface area contributed by atoms with Crippen molar-refractivity contribution in [1.29, 1.82) is 0 Å². The van der Waals surface area contributed by atoms with E-state index in [2.05, 4.69) is 0 Å². The highest BCUT2D eigenvalue weighted by Gasteiger charge is 2.34. The van der Waals surface area contributed by atoms with E-state index in [0.29, 0.717) is 0 Å². The third kappa shape index (κ3) is 5.31. The number of aliphatic hydroxyl groups is 1. The zero-order chi connectivity index (χ0) is 13.1. The minimum Gasteiger partial charge on any atom is -0.460 e. The van der Waals surface area contributed by atoms with E-state index in [4.69, 9.17) is 4.74 Å². The maximum atomic E-state index is 11.8. The molecule has 0 radical (unpaired) electrons. The van der Waals surface area contributed by atoms with Crippen LogP contribution in [-0.4, -0.2) is 22.3 Å². The van der Waals surface area contributed by atoms with Gasteiger partial charge in [0.2, 0.25) is 0 Å². The van der Waals surface area contributed by atoms with Crippen molar-refractivity contribution < 1.29 is 14.6 Å². The number of esters is 1. The highest BCUT2D eigenvalue weighted by Crippen LogP contribution is 2.23. The van der Waals surface area contributed by atoms with Crippen LogP contribution < -0.4 is 0 Å². The molecule has 0 saturated heterocycles.